The van der Waals surface area contributed by atoms with Crippen molar-refractivity contribution in [2.24, 2.45) is 0 Å². The van der Waals surface area contributed by atoms with E-state index in [0.29, 0.717) is 9.13 Å². The van der Waals surface area contributed by atoms with Crippen LogP contribution in [0.2, 0.25) is 0 Å². The first-order valence-electron chi connectivity index (χ1n) is 5.17. The van der Waals surface area contributed by atoms with Gasteiger partial charge in [-0.15, -0.1) is 11.6 Å². The molecule has 100 valence electrons. The van der Waals surface area contributed by atoms with Crippen LogP contribution in [0.3, 0.4) is 0 Å². The van der Waals surface area contributed by atoms with Crippen LogP contribution in [0.5, 0.6) is 0 Å². The van der Waals surface area contributed by atoms with Gasteiger partial charge in [-0.25, -0.2) is 8.78 Å². The van der Waals surface area contributed by atoms with Gasteiger partial charge in [-0.3, -0.25) is 9.78 Å². The van der Waals surface area contributed by atoms with Crippen LogP contribution in [0.25, 0.3) is 0 Å². The predicted molar refractivity (Wildman–Crippen MR) is 71.8 cm³/mol. The first-order chi connectivity index (χ1) is 8.51. The topological polar surface area (TPSA) is 39.2 Å². The van der Waals surface area contributed by atoms with Crippen molar-refractivity contribution in [1.29, 1.82) is 0 Å². The van der Waals surface area contributed by atoms with Crippen LogP contribution in [-0.2, 0) is 21.8 Å². The molecule has 18 heavy (non-hydrogen) atoms. The molecule has 0 aliphatic rings. The second-order valence-corrected chi connectivity index (χ2v) is 4.72. The Balaban J connectivity index is 3.08. The quantitative estimate of drug-likeness (QED) is 0.440. The number of rotatable bonds is 5. The summed E-state index contributed by atoms with van der Waals surface area (Å²) in [6.45, 7) is 1.94. The van der Waals surface area contributed by atoms with Crippen molar-refractivity contribution in [2.45, 2.75) is 25.7 Å². The molecule has 7 heteroatoms. The van der Waals surface area contributed by atoms with Crippen LogP contribution in [-0.4, -0.2) is 17.6 Å². The molecular formula is C11H11ClF2INO2. The van der Waals surface area contributed by atoms with Crippen molar-refractivity contribution in [1.82, 2.24) is 4.98 Å². The molecule has 0 N–H and O–H groups in total. The largest absolute Gasteiger partial charge is 0.466 e. The smallest absolute Gasteiger partial charge is 0.310 e. The van der Waals surface area contributed by atoms with E-state index in [1.54, 1.807) is 29.5 Å². The lowest BCUT2D eigenvalue weighted by molar-refractivity contribution is -0.142. The Bertz CT molecular complexity index is 443. The maximum Gasteiger partial charge on any atom is 0.310 e. The number of carbonyl (C=O) groups excluding carboxylic acids is 1. The van der Waals surface area contributed by atoms with Gasteiger partial charge in [0.1, 0.15) is 0 Å². The van der Waals surface area contributed by atoms with Gasteiger partial charge >= 0.3 is 5.97 Å². The van der Waals surface area contributed by atoms with Crippen LogP contribution in [0.15, 0.2) is 6.20 Å². The molecule has 0 bridgehead atoms. The Morgan fingerprint density at radius 2 is 2.28 bits per heavy atom. The minimum absolute atomic E-state index is 0.0681. The fourth-order valence-corrected chi connectivity index (χ4v) is 2.49. The Morgan fingerprint density at radius 3 is 2.78 bits per heavy atom. The lowest BCUT2D eigenvalue weighted by Gasteiger charge is -2.12. The van der Waals surface area contributed by atoms with E-state index >= 15 is 0 Å². The minimum atomic E-state index is -2.67. The number of halogens is 4. The molecule has 0 amide bonds. The minimum Gasteiger partial charge on any atom is -0.466 e. The van der Waals surface area contributed by atoms with Crippen LogP contribution < -0.4 is 0 Å². The number of hydrogen-bond acceptors (Lipinski definition) is 3. The fraction of sp³-hybridized carbons (Fsp3) is 0.455. The Morgan fingerprint density at radius 1 is 1.61 bits per heavy atom. The summed E-state index contributed by atoms with van der Waals surface area (Å²) in [7, 11) is 0. The molecule has 0 saturated carbocycles. The summed E-state index contributed by atoms with van der Waals surface area (Å²) in [6, 6.07) is 0. The zero-order chi connectivity index (χ0) is 13.7. The van der Waals surface area contributed by atoms with Gasteiger partial charge in [-0.05, 0) is 35.1 Å². The van der Waals surface area contributed by atoms with E-state index in [-0.39, 0.29) is 30.2 Å². The predicted octanol–water partition coefficient (Wildman–Crippen LogP) is 3.47. The van der Waals surface area contributed by atoms with Crippen molar-refractivity contribution in [3.63, 3.8) is 0 Å². The van der Waals surface area contributed by atoms with E-state index in [9.17, 15) is 13.6 Å². The highest BCUT2D eigenvalue weighted by Crippen LogP contribution is 2.30. The lowest BCUT2D eigenvalue weighted by Crippen LogP contribution is -2.11. The van der Waals surface area contributed by atoms with Crippen molar-refractivity contribution in [2.75, 3.05) is 6.61 Å². The summed E-state index contributed by atoms with van der Waals surface area (Å²) in [4.78, 5) is 15.2. The summed E-state index contributed by atoms with van der Waals surface area (Å²) < 4.78 is 30.9. The van der Waals surface area contributed by atoms with Crippen LogP contribution in [0.1, 0.15) is 30.2 Å². The van der Waals surface area contributed by atoms with Gasteiger partial charge in [0.15, 0.2) is 0 Å². The SMILES string of the molecule is CCOC(=O)Cc1cnc(CCl)c(C(F)F)c1I. The van der Waals surface area contributed by atoms with Crippen molar-refractivity contribution in [3.05, 3.63) is 26.6 Å². The molecular weight excluding hydrogens is 378 g/mol. The molecule has 0 saturated heterocycles. The average Bonchev–Trinajstić information content (AvgIpc) is 2.31. The molecule has 0 unspecified atom stereocenters. The summed E-state index contributed by atoms with van der Waals surface area (Å²) in [5, 5.41) is 0. The van der Waals surface area contributed by atoms with E-state index in [1.807, 2.05) is 0 Å². The molecule has 1 rings (SSSR count). The zero-order valence-corrected chi connectivity index (χ0v) is 12.5. The molecule has 1 aromatic heterocycles. The highest BCUT2D eigenvalue weighted by atomic mass is 127. The van der Waals surface area contributed by atoms with E-state index < -0.39 is 12.4 Å². The molecule has 0 fully saturated rings. The standard InChI is InChI=1S/C11H11ClF2INO2/c1-2-18-8(17)3-6-5-16-7(4-12)9(10(6)15)11(13)14/h5,11H,2-4H2,1H3. The first-order valence-corrected chi connectivity index (χ1v) is 6.78. The van der Waals surface area contributed by atoms with E-state index in [1.165, 1.54) is 6.20 Å². The molecule has 3 nitrogen and oxygen atoms in total. The highest BCUT2D eigenvalue weighted by molar-refractivity contribution is 14.1. The van der Waals surface area contributed by atoms with Crippen molar-refractivity contribution in [3.8, 4) is 0 Å². The van der Waals surface area contributed by atoms with Gasteiger partial charge in [0.25, 0.3) is 6.43 Å². The van der Waals surface area contributed by atoms with Gasteiger partial charge < -0.3 is 4.74 Å². The third-order valence-electron chi connectivity index (χ3n) is 2.19. The first kappa shape index (κ1) is 15.6. The van der Waals surface area contributed by atoms with Gasteiger partial charge in [-0.1, -0.05) is 0 Å². The molecule has 1 heterocycles. The van der Waals surface area contributed by atoms with Crippen molar-refractivity contribution < 1.29 is 18.3 Å². The molecule has 0 atom stereocenters. The fourth-order valence-electron chi connectivity index (χ4n) is 1.40. The summed E-state index contributed by atoms with van der Waals surface area (Å²) >= 11 is 7.35. The number of alkyl halides is 3. The van der Waals surface area contributed by atoms with Gasteiger partial charge in [0.2, 0.25) is 0 Å². The maximum atomic E-state index is 12.9. The highest BCUT2D eigenvalue weighted by Gasteiger charge is 2.21. The number of ether oxygens (including phenoxy) is 1. The van der Waals surface area contributed by atoms with E-state index in [0.717, 1.165) is 0 Å². The van der Waals surface area contributed by atoms with E-state index in [2.05, 4.69) is 4.98 Å². The summed E-state index contributed by atoms with van der Waals surface area (Å²) in [5.74, 6) is -0.550. The van der Waals surface area contributed by atoms with E-state index in [4.69, 9.17) is 16.3 Å². The van der Waals surface area contributed by atoms with Crippen LogP contribution >= 0.6 is 34.2 Å². The number of nitrogens with zero attached hydrogens (tertiary/aromatic N) is 1. The molecule has 0 aromatic carbocycles. The summed E-state index contributed by atoms with van der Waals surface area (Å²) in [6.07, 6.45) is -1.34. The average molecular weight is 390 g/mol. The van der Waals surface area contributed by atoms with Gasteiger partial charge in [0.05, 0.1) is 30.2 Å². The van der Waals surface area contributed by atoms with Gasteiger partial charge in [-0.2, -0.15) is 0 Å². The number of hydrogen-bond donors (Lipinski definition) is 0. The Hall–Kier alpha value is -0.500. The maximum absolute atomic E-state index is 12.9. The summed E-state index contributed by atoms with van der Waals surface area (Å²) in [5.41, 5.74) is 0.370. The van der Waals surface area contributed by atoms with Crippen LogP contribution in [0, 0.1) is 3.57 Å². The zero-order valence-electron chi connectivity index (χ0n) is 9.55. The van der Waals surface area contributed by atoms with Crippen LogP contribution in [0.4, 0.5) is 8.78 Å². The molecule has 0 spiro atoms. The lowest BCUT2D eigenvalue weighted by atomic mass is 10.1. The number of aromatic nitrogens is 1. The second-order valence-electron chi connectivity index (χ2n) is 3.37. The van der Waals surface area contributed by atoms with Crippen molar-refractivity contribution >= 4 is 40.2 Å². The third-order valence-corrected chi connectivity index (χ3v) is 3.72. The molecule has 0 radical (unpaired) electrons. The Kier molecular flexibility index (Phi) is 6.20. The number of esters is 1. The molecule has 0 aliphatic carbocycles. The molecule has 1 aromatic rings. The number of pyridine rings is 1. The van der Waals surface area contributed by atoms with Gasteiger partial charge in [0, 0.05) is 9.77 Å². The Labute approximate surface area is 122 Å². The monoisotopic (exact) mass is 389 g/mol. The number of carbonyl (C=O) groups is 1. The normalized spacial score (nSPS) is 10.8. The third kappa shape index (κ3) is 3.74. The molecule has 0 aliphatic heterocycles. The second kappa shape index (κ2) is 7.18.